The molecule has 0 saturated carbocycles. The second-order valence-electron chi connectivity index (χ2n) is 13.4. The summed E-state index contributed by atoms with van der Waals surface area (Å²) in [5.41, 5.74) is 15.4. The third-order valence-corrected chi connectivity index (χ3v) is 10.2. The molecule has 222 valence electrons. The molecule has 0 N–H and O–H groups in total. The molecule has 8 aromatic carbocycles. The standard InChI is InChI=1S/C47H34/c1-47(2)45-29-39(36-19-15-34(16-20-36)32-11-7-4-8-12-32)23-24-43(45)44-28-41-26-38-22-21-37(25-40(38)27-42(41)30-46(44)47)35-17-13-33(14-18-35)31-9-5-3-6-10-31/h3-30H,1-2H3. The molecule has 1 aliphatic rings. The summed E-state index contributed by atoms with van der Waals surface area (Å²) >= 11 is 0. The predicted molar refractivity (Wildman–Crippen MR) is 201 cm³/mol. The number of hydrogen-bond donors (Lipinski definition) is 0. The lowest BCUT2D eigenvalue weighted by Crippen LogP contribution is -2.15. The maximum Gasteiger partial charge on any atom is 0.0159 e. The Morgan fingerprint density at radius 3 is 1.28 bits per heavy atom. The molecule has 0 atom stereocenters. The van der Waals surface area contributed by atoms with Gasteiger partial charge in [-0.1, -0.05) is 147 Å². The van der Waals surface area contributed by atoms with E-state index < -0.39 is 0 Å². The third kappa shape index (κ3) is 4.68. The molecule has 9 rings (SSSR count). The molecule has 8 aromatic rings. The average molecular weight is 599 g/mol. The van der Waals surface area contributed by atoms with Crippen molar-refractivity contribution in [3.63, 3.8) is 0 Å². The van der Waals surface area contributed by atoms with Crippen LogP contribution in [-0.2, 0) is 5.41 Å². The fourth-order valence-electron chi connectivity index (χ4n) is 7.56. The van der Waals surface area contributed by atoms with Crippen LogP contribution in [-0.4, -0.2) is 0 Å². The van der Waals surface area contributed by atoms with Crippen molar-refractivity contribution in [2.45, 2.75) is 19.3 Å². The van der Waals surface area contributed by atoms with Gasteiger partial charge in [0.05, 0.1) is 0 Å². The Balaban J connectivity index is 1.06. The van der Waals surface area contributed by atoms with Crippen LogP contribution in [0.2, 0.25) is 0 Å². The van der Waals surface area contributed by atoms with Gasteiger partial charge in [-0.2, -0.15) is 0 Å². The van der Waals surface area contributed by atoms with Gasteiger partial charge in [0, 0.05) is 5.41 Å². The van der Waals surface area contributed by atoms with E-state index in [1.165, 1.54) is 88.3 Å². The quantitative estimate of drug-likeness (QED) is 0.177. The van der Waals surface area contributed by atoms with Gasteiger partial charge >= 0.3 is 0 Å². The van der Waals surface area contributed by atoms with E-state index in [0.29, 0.717) is 0 Å². The first-order valence-electron chi connectivity index (χ1n) is 16.5. The number of rotatable bonds is 4. The topological polar surface area (TPSA) is 0 Å². The first-order valence-corrected chi connectivity index (χ1v) is 16.5. The van der Waals surface area contributed by atoms with Crippen LogP contribution in [0.1, 0.15) is 25.0 Å². The molecule has 0 aliphatic heterocycles. The molecule has 0 bridgehead atoms. The molecule has 1 aliphatic carbocycles. The smallest absolute Gasteiger partial charge is 0.0159 e. The second kappa shape index (κ2) is 10.7. The molecular weight excluding hydrogens is 565 g/mol. The Morgan fingerprint density at radius 1 is 0.277 bits per heavy atom. The molecule has 0 saturated heterocycles. The van der Waals surface area contributed by atoms with E-state index in [1.807, 2.05) is 0 Å². The number of fused-ring (bicyclic) bond motifs is 5. The van der Waals surface area contributed by atoms with E-state index in [4.69, 9.17) is 0 Å². The lowest BCUT2D eigenvalue weighted by Gasteiger charge is -2.22. The van der Waals surface area contributed by atoms with E-state index in [1.54, 1.807) is 0 Å². The van der Waals surface area contributed by atoms with Crippen molar-refractivity contribution in [3.05, 3.63) is 181 Å². The van der Waals surface area contributed by atoms with Crippen molar-refractivity contribution in [1.82, 2.24) is 0 Å². The molecule has 0 fully saturated rings. The maximum atomic E-state index is 2.44. The molecule has 0 nitrogen and oxygen atoms in total. The average Bonchev–Trinajstić information content (AvgIpc) is 3.35. The molecule has 0 spiro atoms. The molecule has 0 heterocycles. The van der Waals surface area contributed by atoms with E-state index >= 15 is 0 Å². The van der Waals surface area contributed by atoms with Crippen molar-refractivity contribution >= 4 is 21.5 Å². The second-order valence-corrected chi connectivity index (χ2v) is 13.4. The van der Waals surface area contributed by atoms with Gasteiger partial charge in [0.25, 0.3) is 0 Å². The van der Waals surface area contributed by atoms with Crippen molar-refractivity contribution < 1.29 is 0 Å². The molecular formula is C47H34. The van der Waals surface area contributed by atoms with E-state index in [-0.39, 0.29) is 5.41 Å². The van der Waals surface area contributed by atoms with Crippen LogP contribution >= 0.6 is 0 Å². The van der Waals surface area contributed by atoms with E-state index in [2.05, 4.69) is 184 Å². The zero-order valence-corrected chi connectivity index (χ0v) is 26.7. The lowest BCUT2D eigenvalue weighted by atomic mass is 9.81. The van der Waals surface area contributed by atoms with Crippen LogP contribution in [0.4, 0.5) is 0 Å². The Labute approximate surface area is 276 Å². The van der Waals surface area contributed by atoms with E-state index in [0.717, 1.165) is 0 Å². The lowest BCUT2D eigenvalue weighted by molar-refractivity contribution is 0.661. The molecule has 47 heavy (non-hydrogen) atoms. The fraction of sp³-hybridized carbons (Fsp3) is 0.0638. The van der Waals surface area contributed by atoms with E-state index in [9.17, 15) is 0 Å². The van der Waals surface area contributed by atoms with Crippen LogP contribution in [0.3, 0.4) is 0 Å². The van der Waals surface area contributed by atoms with Gasteiger partial charge in [-0.05, 0) is 125 Å². The molecule has 0 unspecified atom stereocenters. The summed E-state index contributed by atoms with van der Waals surface area (Å²) in [6.45, 7) is 4.76. The summed E-state index contributed by atoms with van der Waals surface area (Å²) in [7, 11) is 0. The van der Waals surface area contributed by atoms with Gasteiger partial charge in [-0.15, -0.1) is 0 Å². The van der Waals surface area contributed by atoms with Gasteiger partial charge < -0.3 is 0 Å². The summed E-state index contributed by atoms with van der Waals surface area (Å²) in [6, 6.07) is 62.6. The number of hydrogen-bond acceptors (Lipinski definition) is 0. The zero-order valence-electron chi connectivity index (χ0n) is 26.7. The summed E-state index contributed by atoms with van der Waals surface area (Å²) in [5.74, 6) is 0. The SMILES string of the molecule is CC1(C)c2cc(-c3ccc(-c4ccccc4)cc3)ccc2-c2cc3cc4ccc(-c5ccc(-c6ccccc6)cc5)cc4cc3cc21. The summed E-state index contributed by atoms with van der Waals surface area (Å²) in [5, 5.41) is 5.14. The minimum absolute atomic E-state index is 0.0872. The van der Waals surface area contributed by atoms with Crippen molar-refractivity contribution in [2.24, 2.45) is 0 Å². The molecule has 0 radical (unpaired) electrons. The van der Waals surface area contributed by atoms with Crippen molar-refractivity contribution in [2.75, 3.05) is 0 Å². The normalized spacial score (nSPS) is 13.1. The van der Waals surface area contributed by atoms with Crippen LogP contribution in [0, 0.1) is 0 Å². The molecule has 0 aromatic heterocycles. The fourth-order valence-corrected chi connectivity index (χ4v) is 7.56. The van der Waals surface area contributed by atoms with Crippen molar-refractivity contribution in [1.29, 1.82) is 0 Å². The predicted octanol–water partition coefficient (Wildman–Crippen LogP) is 13.0. The molecule has 0 amide bonds. The Bertz CT molecular complexity index is 2430. The highest BCUT2D eigenvalue weighted by molar-refractivity contribution is 6.03. The van der Waals surface area contributed by atoms with Gasteiger partial charge in [0.15, 0.2) is 0 Å². The minimum atomic E-state index is -0.0872. The van der Waals surface area contributed by atoms with Gasteiger partial charge in [0.1, 0.15) is 0 Å². The third-order valence-electron chi connectivity index (χ3n) is 10.2. The van der Waals surface area contributed by atoms with Crippen LogP contribution in [0.25, 0.3) is 77.2 Å². The zero-order chi connectivity index (χ0) is 31.5. The Hall–Kier alpha value is -5.72. The Kier molecular flexibility index (Phi) is 6.27. The monoisotopic (exact) mass is 598 g/mol. The summed E-state index contributed by atoms with van der Waals surface area (Å²) in [6.07, 6.45) is 0. The van der Waals surface area contributed by atoms with Gasteiger partial charge in [-0.25, -0.2) is 0 Å². The largest absolute Gasteiger partial charge is 0.0622 e. The van der Waals surface area contributed by atoms with Crippen LogP contribution < -0.4 is 0 Å². The molecule has 0 heteroatoms. The maximum absolute atomic E-state index is 2.44. The van der Waals surface area contributed by atoms with Gasteiger partial charge in [0.2, 0.25) is 0 Å². The van der Waals surface area contributed by atoms with Crippen LogP contribution in [0.5, 0.6) is 0 Å². The van der Waals surface area contributed by atoms with Crippen molar-refractivity contribution in [3.8, 4) is 55.6 Å². The van der Waals surface area contributed by atoms with Gasteiger partial charge in [-0.3, -0.25) is 0 Å². The Morgan fingerprint density at radius 2 is 0.681 bits per heavy atom. The number of benzene rings is 8. The highest BCUT2D eigenvalue weighted by Gasteiger charge is 2.36. The first-order chi connectivity index (χ1) is 23.0. The minimum Gasteiger partial charge on any atom is -0.0622 e. The highest BCUT2D eigenvalue weighted by atomic mass is 14.4. The highest BCUT2D eigenvalue weighted by Crippen LogP contribution is 2.51. The van der Waals surface area contributed by atoms with Crippen LogP contribution in [0.15, 0.2) is 170 Å². The summed E-state index contributed by atoms with van der Waals surface area (Å²) in [4.78, 5) is 0. The first kappa shape index (κ1) is 27.6. The summed E-state index contributed by atoms with van der Waals surface area (Å²) < 4.78 is 0.